The fourth-order valence-corrected chi connectivity index (χ4v) is 2.75. The van der Waals surface area contributed by atoms with Crippen LogP contribution in [0.4, 0.5) is 4.39 Å². The summed E-state index contributed by atoms with van der Waals surface area (Å²) in [6.45, 7) is 3.82. The third-order valence-corrected chi connectivity index (χ3v) is 3.92. The second-order valence-corrected chi connectivity index (χ2v) is 5.92. The molecule has 0 aliphatic carbocycles. The predicted octanol–water partition coefficient (Wildman–Crippen LogP) is 4.33. The van der Waals surface area contributed by atoms with Gasteiger partial charge < -0.3 is 4.90 Å². The highest BCUT2D eigenvalue weighted by Crippen LogP contribution is 2.12. The topological polar surface area (TPSA) is 28.5 Å². The van der Waals surface area contributed by atoms with Crippen LogP contribution in [0.15, 0.2) is 57.6 Å². The van der Waals surface area contributed by atoms with Gasteiger partial charge in [-0.05, 0) is 31.2 Å². The minimum absolute atomic E-state index is 0.209. The summed E-state index contributed by atoms with van der Waals surface area (Å²) < 4.78 is 12.9. The first kappa shape index (κ1) is 15.9. The number of halogens is 2. The van der Waals surface area contributed by atoms with Gasteiger partial charge in [-0.1, -0.05) is 22.0 Å². The second kappa shape index (κ2) is 8.05. The van der Waals surface area contributed by atoms with Crippen molar-refractivity contribution in [1.29, 1.82) is 0 Å². The number of hydrogen-bond acceptors (Lipinski definition) is 4. The van der Waals surface area contributed by atoms with Crippen molar-refractivity contribution in [1.82, 2.24) is 9.88 Å². The summed E-state index contributed by atoms with van der Waals surface area (Å²) in [5, 5.41) is 2.98. The summed E-state index contributed by atoms with van der Waals surface area (Å²) in [5.41, 5.74) is 0. The Bertz CT molecular complexity index is 608. The number of hydrogen-bond donors (Lipinski definition) is 0. The predicted molar refractivity (Wildman–Crippen MR) is 89.1 cm³/mol. The average molecular weight is 368 g/mol. The Balaban J connectivity index is 0.000000173. The van der Waals surface area contributed by atoms with Crippen molar-refractivity contribution >= 4 is 33.1 Å². The van der Waals surface area contributed by atoms with Gasteiger partial charge in [-0.25, -0.2) is 9.37 Å². The quantitative estimate of drug-likeness (QED) is 0.790. The first-order valence-electron chi connectivity index (χ1n) is 6.49. The molecule has 0 fully saturated rings. The summed E-state index contributed by atoms with van der Waals surface area (Å²) in [6, 6.07) is 6.26. The maximum atomic E-state index is 12.1. The number of aromatic nitrogens is 1. The highest BCUT2D eigenvalue weighted by molar-refractivity contribution is 9.10. The molecule has 21 heavy (non-hydrogen) atoms. The van der Waals surface area contributed by atoms with Gasteiger partial charge in [-0.2, -0.15) is 0 Å². The van der Waals surface area contributed by atoms with E-state index >= 15 is 0 Å². The van der Waals surface area contributed by atoms with E-state index in [0.717, 1.165) is 28.4 Å². The molecule has 6 heteroatoms. The molecule has 2 aromatic rings. The van der Waals surface area contributed by atoms with Crippen LogP contribution in [0.2, 0.25) is 0 Å². The molecule has 0 atom stereocenters. The van der Waals surface area contributed by atoms with Crippen molar-refractivity contribution in [3.8, 4) is 0 Å². The molecule has 0 N–H and O–H groups in total. The largest absolute Gasteiger partial charge is 0.331 e. The van der Waals surface area contributed by atoms with E-state index in [1.54, 1.807) is 23.5 Å². The Morgan fingerprint density at radius 3 is 2.86 bits per heavy atom. The first-order chi connectivity index (χ1) is 10.2. The Labute approximate surface area is 136 Å². The van der Waals surface area contributed by atoms with E-state index in [2.05, 4.69) is 50.0 Å². The summed E-state index contributed by atoms with van der Waals surface area (Å²) in [6.07, 6.45) is 5.94. The molecule has 3 rings (SSSR count). The van der Waals surface area contributed by atoms with Gasteiger partial charge in [-0.3, -0.25) is 4.99 Å². The molecule has 1 aromatic carbocycles. The molecule has 0 spiro atoms. The molecule has 0 saturated heterocycles. The molecular weight excluding hydrogens is 353 g/mol. The first-order valence-corrected chi connectivity index (χ1v) is 8.16. The van der Waals surface area contributed by atoms with Crippen molar-refractivity contribution < 1.29 is 4.39 Å². The zero-order chi connectivity index (χ0) is 15.1. The molecule has 0 unspecified atom stereocenters. The van der Waals surface area contributed by atoms with Gasteiger partial charge in [0.2, 0.25) is 0 Å². The maximum Gasteiger partial charge on any atom is 0.164 e. The zero-order valence-corrected chi connectivity index (χ0v) is 13.9. The monoisotopic (exact) mass is 367 g/mol. The summed E-state index contributed by atoms with van der Waals surface area (Å²) >= 11 is 4.75. The summed E-state index contributed by atoms with van der Waals surface area (Å²) in [7, 11) is 0. The van der Waals surface area contributed by atoms with Crippen LogP contribution >= 0.6 is 27.3 Å². The van der Waals surface area contributed by atoms with E-state index in [1.165, 1.54) is 12.1 Å². The maximum absolute atomic E-state index is 12.1. The Kier molecular flexibility index (Phi) is 6.07. The van der Waals surface area contributed by atoms with Gasteiger partial charge in [0.1, 0.15) is 5.82 Å². The van der Waals surface area contributed by atoms with E-state index in [9.17, 15) is 4.39 Å². The van der Waals surface area contributed by atoms with Crippen LogP contribution in [0.3, 0.4) is 0 Å². The van der Waals surface area contributed by atoms with Crippen molar-refractivity contribution in [3.05, 3.63) is 63.4 Å². The molecule has 0 saturated carbocycles. The van der Waals surface area contributed by atoms with Crippen LogP contribution in [-0.2, 0) is 0 Å². The van der Waals surface area contributed by atoms with Crippen LogP contribution in [0, 0.1) is 5.82 Å². The van der Waals surface area contributed by atoms with Gasteiger partial charge in [-0.15, -0.1) is 11.3 Å². The van der Waals surface area contributed by atoms with Gasteiger partial charge in [0.25, 0.3) is 0 Å². The Morgan fingerprint density at radius 2 is 2.29 bits per heavy atom. The van der Waals surface area contributed by atoms with Crippen molar-refractivity contribution in [2.75, 3.05) is 13.1 Å². The SMILES string of the molecule is CCN1C=CCN=C1c1nccs1.Fc1cccc(Br)c1. The number of amidine groups is 1. The minimum Gasteiger partial charge on any atom is -0.331 e. The highest BCUT2D eigenvalue weighted by Gasteiger charge is 2.13. The molecular formula is C15H15BrFN3S. The van der Waals surface area contributed by atoms with Gasteiger partial charge in [0.05, 0.1) is 6.54 Å². The Morgan fingerprint density at radius 1 is 1.43 bits per heavy atom. The third kappa shape index (κ3) is 4.75. The molecule has 110 valence electrons. The molecule has 1 aromatic heterocycles. The van der Waals surface area contributed by atoms with Crippen LogP contribution < -0.4 is 0 Å². The lowest BCUT2D eigenvalue weighted by Gasteiger charge is -2.21. The summed E-state index contributed by atoms with van der Waals surface area (Å²) in [5.74, 6) is 0.791. The molecule has 2 heterocycles. The van der Waals surface area contributed by atoms with E-state index in [0.29, 0.717) is 0 Å². The van der Waals surface area contributed by atoms with E-state index in [4.69, 9.17) is 0 Å². The number of benzene rings is 1. The lowest BCUT2D eigenvalue weighted by molar-refractivity contribution is 0.578. The van der Waals surface area contributed by atoms with Crippen molar-refractivity contribution in [2.45, 2.75) is 6.92 Å². The van der Waals surface area contributed by atoms with E-state index in [1.807, 2.05) is 11.6 Å². The normalized spacial score (nSPS) is 13.5. The number of aliphatic imine (C=N–C) groups is 1. The fourth-order valence-electron chi connectivity index (χ4n) is 1.71. The third-order valence-electron chi connectivity index (χ3n) is 2.65. The number of rotatable bonds is 2. The average Bonchev–Trinajstić information content (AvgIpc) is 3.01. The van der Waals surface area contributed by atoms with Gasteiger partial charge in [0, 0.05) is 28.8 Å². The van der Waals surface area contributed by atoms with Crippen LogP contribution in [0.25, 0.3) is 0 Å². The van der Waals surface area contributed by atoms with Crippen molar-refractivity contribution in [3.63, 3.8) is 0 Å². The molecule has 3 nitrogen and oxygen atoms in total. The van der Waals surface area contributed by atoms with Crippen molar-refractivity contribution in [2.24, 2.45) is 4.99 Å². The lowest BCUT2D eigenvalue weighted by Crippen LogP contribution is -2.28. The smallest absolute Gasteiger partial charge is 0.164 e. The zero-order valence-electron chi connectivity index (χ0n) is 11.5. The number of thiazole rings is 1. The van der Waals surface area contributed by atoms with Crippen LogP contribution in [0.1, 0.15) is 11.9 Å². The van der Waals surface area contributed by atoms with E-state index in [-0.39, 0.29) is 5.82 Å². The van der Waals surface area contributed by atoms with E-state index < -0.39 is 0 Å². The standard InChI is InChI=1S/C9H11N3S.C6H4BrF/c1-2-12-6-3-4-10-8(12)9-11-5-7-13-9;7-5-2-1-3-6(8)4-5/h3,5-7H,2,4H2,1H3;1-4H. The molecule has 0 amide bonds. The minimum atomic E-state index is -0.209. The van der Waals surface area contributed by atoms with Gasteiger partial charge >= 0.3 is 0 Å². The lowest BCUT2D eigenvalue weighted by atomic mass is 10.4. The second-order valence-electron chi connectivity index (χ2n) is 4.11. The van der Waals surface area contributed by atoms with Gasteiger partial charge in [0.15, 0.2) is 10.8 Å². The number of nitrogens with zero attached hydrogens (tertiary/aromatic N) is 3. The molecule has 0 radical (unpaired) electrons. The van der Waals surface area contributed by atoms with Crippen LogP contribution in [-0.4, -0.2) is 28.8 Å². The van der Waals surface area contributed by atoms with Crippen LogP contribution in [0.5, 0.6) is 0 Å². The molecule has 1 aliphatic heterocycles. The summed E-state index contributed by atoms with van der Waals surface area (Å²) in [4.78, 5) is 10.8. The molecule has 0 bridgehead atoms. The Hall–Kier alpha value is -1.53. The fraction of sp³-hybridized carbons (Fsp3) is 0.200. The molecule has 1 aliphatic rings. The highest BCUT2D eigenvalue weighted by atomic mass is 79.9.